The molecule has 2 aliphatic carbocycles. The first-order valence-corrected chi connectivity index (χ1v) is 6.17. The summed E-state index contributed by atoms with van der Waals surface area (Å²) < 4.78 is 16.9. The second-order valence-corrected chi connectivity index (χ2v) is 4.53. The minimum absolute atomic E-state index is 0.104. The highest BCUT2D eigenvalue weighted by Crippen LogP contribution is 2.34. The number of nitrogens with one attached hydrogen (secondary N) is 1. The van der Waals surface area contributed by atoms with Crippen molar-refractivity contribution in [3.8, 4) is 22.4 Å². The van der Waals surface area contributed by atoms with E-state index in [9.17, 15) is 4.39 Å². The van der Waals surface area contributed by atoms with Crippen molar-refractivity contribution in [2.24, 2.45) is 0 Å². The van der Waals surface area contributed by atoms with E-state index in [-0.39, 0.29) is 5.82 Å². The average molecular weight is 271 g/mol. The Morgan fingerprint density at radius 2 is 1.63 bits per heavy atom. The number of rotatable bonds is 1. The highest BCUT2D eigenvalue weighted by atomic mass is 32.1. The molecule has 0 amide bonds. The van der Waals surface area contributed by atoms with E-state index in [2.05, 4.69) is 4.98 Å². The summed E-state index contributed by atoms with van der Waals surface area (Å²) in [5, 5.41) is 0. The molecule has 2 aliphatic rings. The zero-order chi connectivity index (χ0) is 13.2. The third kappa shape index (κ3) is 2.80. The van der Waals surface area contributed by atoms with Gasteiger partial charge in [-0.15, -0.1) is 0 Å². The van der Waals surface area contributed by atoms with Crippen molar-refractivity contribution in [3.63, 3.8) is 0 Å². The van der Waals surface area contributed by atoms with Crippen LogP contribution in [0.1, 0.15) is 0 Å². The molecule has 1 aromatic carbocycles. The van der Waals surface area contributed by atoms with Crippen LogP contribution in [0.25, 0.3) is 22.4 Å². The number of aromatic amines is 1. The zero-order valence-corrected chi connectivity index (χ0v) is 10.7. The van der Waals surface area contributed by atoms with Gasteiger partial charge >= 0.3 is 0 Å². The number of oxazole rings is 1. The predicted molar refractivity (Wildman–Crippen MR) is 74.7 cm³/mol. The number of hydrogen-bond acceptors (Lipinski definition) is 2. The number of aromatic nitrogens is 1. The minimum Gasteiger partial charge on any atom is -0.437 e. The van der Waals surface area contributed by atoms with E-state index in [1.165, 1.54) is 12.1 Å². The fraction of sp³-hybridized carbons (Fsp3) is 0. The molecule has 0 saturated carbocycles. The smallest absolute Gasteiger partial charge is 0.266 e. The Hall–Kier alpha value is -2.20. The van der Waals surface area contributed by atoms with E-state index in [0.29, 0.717) is 4.84 Å². The maximum absolute atomic E-state index is 11.9. The van der Waals surface area contributed by atoms with E-state index in [1.54, 1.807) is 6.26 Å². The Kier molecular flexibility index (Phi) is 3.01. The van der Waals surface area contributed by atoms with E-state index < -0.39 is 0 Å². The van der Waals surface area contributed by atoms with Crippen LogP contribution >= 0.6 is 12.2 Å². The topological polar surface area (TPSA) is 28.9 Å². The van der Waals surface area contributed by atoms with Crippen LogP contribution in [-0.2, 0) is 0 Å². The van der Waals surface area contributed by atoms with E-state index in [1.807, 2.05) is 36.4 Å². The van der Waals surface area contributed by atoms with E-state index in [4.69, 9.17) is 16.6 Å². The van der Waals surface area contributed by atoms with Crippen molar-refractivity contribution in [2.75, 3.05) is 0 Å². The Morgan fingerprint density at radius 3 is 2.11 bits per heavy atom. The molecule has 1 heterocycles. The van der Waals surface area contributed by atoms with Gasteiger partial charge in [-0.05, 0) is 41.5 Å². The molecule has 0 atom stereocenters. The maximum atomic E-state index is 11.9. The molecule has 0 fully saturated rings. The molecule has 0 aliphatic heterocycles. The molecule has 0 unspecified atom stereocenters. The van der Waals surface area contributed by atoms with Crippen LogP contribution in [0.4, 0.5) is 4.39 Å². The van der Waals surface area contributed by atoms with Gasteiger partial charge in [-0.3, -0.25) is 0 Å². The Morgan fingerprint density at radius 1 is 0.947 bits per heavy atom. The summed E-state index contributed by atoms with van der Waals surface area (Å²) in [5.74, 6) is -0.104. The summed E-state index contributed by atoms with van der Waals surface area (Å²) in [5.41, 5.74) is 4.13. The lowest BCUT2D eigenvalue weighted by atomic mass is 10.2. The zero-order valence-electron chi connectivity index (χ0n) is 9.89. The monoisotopic (exact) mass is 271 g/mol. The molecule has 4 rings (SSSR count). The fourth-order valence-corrected chi connectivity index (χ4v) is 1.92. The summed E-state index contributed by atoms with van der Waals surface area (Å²) in [6.07, 6.45) is 1.62. The minimum atomic E-state index is -0.104. The summed E-state index contributed by atoms with van der Waals surface area (Å²) in [6, 6.07) is 14.9. The van der Waals surface area contributed by atoms with Gasteiger partial charge in [0.15, 0.2) is 0 Å². The van der Waals surface area contributed by atoms with Gasteiger partial charge < -0.3 is 9.40 Å². The van der Waals surface area contributed by atoms with E-state index in [0.717, 1.165) is 22.4 Å². The first-order valence-electron chi connectivity index (χ1n) is 5.76. The van der Waals surface area contributed by atoms with Crippen LogP contribution in [0.2, 0.25) is 0 Å². The molecular formula is C15H10FNOS. The first-order chi connectivity index (χ1) is 9.22. The molecule has 1 N–H and O–H groups in total. The second kappa shape index (κ2) is 4.82. The highest BCUT2D eigenvalue weighted by Gasteiger charge is 2.12. The quantitative estimate of drug-likeness (QED) is 0.503. The van der Waals surface area contributed by atoms with Crippen LogP contribution in [-0.4, -0.2) is 4.98 Å². The summed E-state index contributed by atoms with van der Waals surface area (Å²) in [6.45, 7) is 0. The van der Waals surface area contributed by atoms with Gasteiger partial charge in [0.1, 0.15) is 12.1 Å². The number of benzene rings is 2. The lowest BCUT2D eigenvalue weighted by Gasteiger charge is -1.92. The molecule has 0 spiro atoms. The van der Waals surface area contributed by atoms with Crippen LogP contribution < -0.4 is 0 Å². The second-order valence-electron chi connectivity index (χ2n) is 4.16. The molecule has 0 bridgehead atoms. The van der Waals surface area contributed by atoms with Crippen molar-refractivity contribution in [1.29, 1.82) is 0 Å². The van der Waals surface area contributed by atoms with Gasteiger partial charge in [0.05, 0.1) is 5.69 Å². The van der Waals surface area contributed by atoms with Crippen molar-refractivity contribution in [2.45, 2.75) is 0 Å². The van der Waals surface area contributed by atoms with Gasteiger partial charge in [-0.25, -0.2) is 4.39 Å². The van der Waals surface area contributed by atoms with Gasteiger partial charge in [0, 0.05) is 5.56 Å². The molecule has 4 heteroatoms. The van der Waals surface area contributed by atoms with Crippen LogP contribution in [0.15, 0.2) is 59.2 Å². The molecule has 2 aromatic rings. The van der Waals surface area contributed by atoms with Crippen molar-refractivity contribution in [1.82, 2.24) is 4.98 Å². The number of hydrogen-bond donors (Lipinski definition) is 1. The SMILES string of the molecule is Fc1cc2cc-2c1.S=c1[nH]c(-c2ccccc2)co1. The Balaban J connectivity index is 0.000000132. The van der Waals surface area contributed by atoms with E-state index >= 15 is 0 Å². The average Bonchev–Trinajstić information content (AvgIpc) is 2.85. The molecule has 19 heavy (non-hydrogen) atoms. The largest absolute Gasteiger partial charge is 0.437 e. The Labute approximate surface area is 114 Å². The van der Waals surface area contributed by atoms with Crippen LogP contribution in [0.5, 0.6) is 0 Å². The fourth-order valence-electron chi connectivity index (χ4n) is 1.76. The van der Waals surface area contributed by atoms with Gasteiger partial charge in [-0.1, -0.05) is 30.3 Å². The normalized spacial score (nSPS) is 10.6. The van der Waals surface area contributed by atoms with Crippen molar-refractivity contribution >= 4 is 12.2 Å². The highest BCUT2D eigenvalue weighted by molar-refractivity contribution is 7.71. The van der Waals surface area contributed by atoms with Gasteiger partial charge in [0.25, 0.3) is 4.84 Å². The Bertz CT molecular complexity index is 741. The third-order valence-corrected chi connectivity index (χ3v) is 2.95. The lowest BCUT2D eigenvalue weighted by molar-refractivity contribution is 0.541. The van der Waals surface area contributed by atoms with Crippen molar-refractivity contribution < 1.29 is 8.81 Å². The van der Waals surface area contributed by atoms with Gasteiger partial charge in [0.2, 0.25) is 0 Å². The summed E-state index contributed by atoms with van der Waals surface area (Å²) in [7, 11) is 0. The standard InChI is InChI=1S/C9H7NOS.C6H3F/c12-9-10-8(6-11-9)7-4-2-1-3-5-7;7-6-2-4-1-5(4)3-6/h1-6H,(H,10,12);1-3H. The van der Waals surface area contributed by atoms with Gasteiger partial charge in [-0.2, -0.15) is 0 Å². The number of fused-ring (bicyclic) bond motifs is 1. The maximum Gasteiger partial charge on any atom is 0.266 e. The molecular weight excluding hydrogens is 261 g/mol. The summed E-state index contributed by atoms with van der Waals surface area (Å²) in [4.78, 5) is 3.35. The predicted octanol–water partition coefficient (Wildman–Crippen LogP) is 4.81. The lowest BCUT2D eigenvalue weighted by Crippen LogP contribution is -1.74. The molecule has 0 radical (unpaired) electrons. The van der Waals surface area contributed by atoms with Crippen molar-refractivity contribution in [3.05, 3.63) is 65.4 Å². The van der Waals surface area contributed by atoms with Crippen LogP contribution in [0.3, 0.4) is 0 Å². The summed E-state index contributed by atoms with van der Waals surface area (Å²) >= 11 is 4.81. The third-order valence-electron chi connectivity index (χ3n) is 2.75. The molecule has 94 valence electrons. The molecule has 1 aromatic heterocycles. The molecule has 0 saturated heterocycles. The number of H-pyrrole nitrogens is 1. The first kappa shape index (κ1) is 11.9. The van der Waals surface area contributed by atoms with Crippen LogP contribution in [0, 0.1) is 10.7 Å². The number of halogens is 1. The molecule has 2 nitrogen and oxygen atoms in total.